The molecule has 0 radical (unpaired) electrons. The number of benzene rings is 1. The third-order valence-corrected chi connectivity index (χ3v) is 1.83. The van der Waals surface area contributed by atoms with E-state index in [0.717, 1.165) is 0 Å². The number of aliphatic hydroxyl groups is 1. The van der Waals surface area contributed by atoms with Crippen molar-refractivity contribution in [2.75, 3.05) is 6.79 Å². The first-order chi connectivity index (χ1) is 6.31. The normalized spacial score (nSPS) is 15.1. The Morgan fingerprint density at radius 3 is 2.92 bits per heavy atom. The van der Waals surface area contributed by atoms with Crippen LogP contribution in [0.4, 0.5) is 0 Å². The number of nitriles is 1. The first-order valence-electron chi connectivity index (χ1n) is 3.78. The molecule has 0 aromatic heterocycles. The second-order valence-corrected chi connectivity index (χ2v) is 2.64. The average Bonchev–Trinajstić information content (AvgIpc) is 2.63. The van der Waals surface area contributed by atoms with Crippen LogP contribution in [-0.2, 0) is 0 Å². The Balaban J connectivity index is 2.37. The molecule has 4 heteroatoms. The molecule has 1 heterocycles. The van der Waals surface area contributed by atoms with Crippen LogP contribution in [0.2, 0.25) is 0 Å². The third kappa shape index (κ3) is 1.30. The monoisotopic (exact) mass is 177 g/mol. The van der Waals surface area contributed by atoms with Gasteiger partial charge in [-0.25, -0.2) is 0 Å². The van der Waals surface area contributed by atoms with Crippen LogP contribution in [0.15, 0.2) is 18.2 Å². The van der Waals surface area contributed by atoms with Crippen molar-refractivity contribution in [1.29, 1.82) is 5.26 Å². The zero-order chi connectivity index (χ0) is 9.26. The molecule has 1 aromatic rings. The van der Waals surface area contributed by atoms with Gasteiger partial charge in [0.1, 0.15) is 0 Å². The van der Waals surface area contributed by atoms with Gasteiger partial charge >= 0.3 is 0 Å². The molecule has 2 rings (SSSR count). The Bertz CT molecular complexity index is 370. The zero-order valence-electron chi connectivity index (χ0n) is 6.73. The molecule has 1 aliphatic rings. The molecular weight excluding hydrogens is 170 g/mol. The van der Waals surface area contributed by atoms with Gasteiger partial charge in [-0.1, -0.05) is 6.07 Å². The van der Waals surface area contributed by atoms with E-state index in [1.54, 1.807) is 24.3 Å². The van der Waals surface area contributed by atoms with Crippen LogP contribution in [-0.4, -0.2) is 11.9 Å². The van der Waals surface area contributed by atoms with E-state index in [2.05, 4.69) is 0 Å². The number of ether oxygens (including phenoxy) is 2. The highest BCUT2D eigenvalue weighted by atomic mass is 16.7. The van der Waals surface area contributed by atoms with Crippen molar-refractivity contribution in [1.82, 2.24) is 0 Å². The predicted octanol–water partition coefficient (Wildman–Crippen LogP) is 0.972. The molecule has 1 aliphatic heterocycles. The largest absolute Gasteiger partial charge is 0.454 e. The summed E-state index contributed by atoms with van der Waals surface area (Å²) in [6.45, 7) is 0.196. The maximum atomic E-state index is 9.20. The molecule has 0 saturated carbocycles. The lowest BCUT2D eigenvalue weighted by atomic mass is 10.1. The fourth-order valence-corrected chi connectivity index (χ4v) is 1.16. The van der Waals surface area contributed by atoms with E-state index in [9.17, 15) is 5.11 Å². The van der Waals surface area contributed by atoms with E-state index in [1.165, 1.54) is 0 Å². The SMILES string of the molecule is N#C[C@H](O)c1ccc2c(c1)OCO2. The second-order valence-electron chi connectivity index (χ2n) is 2.64. The Morgan fingerprint density at radius 2 is 2.15 bits per heavy atom. The summed E-state index contributed by atoms with van der Waals surface area (Å²) in [4.78, 5) is 0. The number of hydrogen-bond acceptors (Lipinski definition) is 4. The highest BCUT2D eigenvalue weighted by Crippen LogP contribution is 2.33. The Kier molecular flexibility index (Phi) is 1.80. The van der Waals surface area contributed by atoms with Crippen LogP contribution >= 0.6 is 0 Å². The summed E-state index contributed by atoms with van der Waals surface area (Å²) in [6, 6.07) is 6.66. The standard InChI is InChI=1S/C9H7NO3/c10-4-7(11)6-1-2-8-9(3-6)13-5-12-8/h1-3,7,11H,5H2/t7-/m0/s1. The van der Waals surface area contributed by atoms with Gasteiger partial charge in [0.05, 0.1) is 6.07 Å². The van der Waals surface area contributed by atoms with E-state index >= 15 is 0 Å². The number of hydrogen-bond donors (Lipinski definition) is 1. The summed E-state index contributed by atoms with van der Waals surface area (Å²) in [7, 11) is 0. The minimum Gasteiger partial charge on any atom is -0.454 e. The van der Waals surface area contributed by atoms with Crippen molar-refractivity contribution in [3.8, 4) is 17.6 Å². The van der Waals surface area contributed by atoms with Crippen LogP contribution in [0, 0.1) is 11.3 Å². The molecule has 0 aliphatic carbocycles. The third-order valence-electron chi connectivity index (χ3n) is 1.83. The van der Waals surface area contributed by atoms with Gasteiger partial charge in [0.2, 0.25) is 6.79 Å². The summed E-state index contributed by atoms with van der Waals surface area (Å²) in [5.41, 5.74) is 0.520. The van der Waals surface area contributed by atoms with Crippen LogP contribution in [0.1, 0.15) is 11.7 Å². The minimum atomic E-state index is -1.10. The van der Waals surface area contributed by atoms with Gasteiger partial charge in [0.15, 0.2) is 17.6 Å². The topological polar surface area (TPSA) is 62.5 Å². The van der Waals surface area contributed by atoms with Crippen molar-refractivity contribution in [2.24, 2.45) is 0 Å². The van der Waals surface area contributed by atoms with Gasteiger partial charge in [0.25, 0.3) is 0 Å². The minimum absolute atomic E-state index is 0.196. The van der Waals surface area contributed by atoms with Crippen molar-refractivity contribution in [2.45, 2.75) is 6.10 Å². The molecule has 0 spiro atoms. The number of fused-ring (bicyclic) bond motifs is 1. The number of aliphatic hydroxyl groups excluding tert-OH is 1. The van der Waals surface area contributed by atoms with Gasteiger partial charge in [-0.15, -0.1) is 0 Å². The molecule has 66 valence electrons. The molecule has 13 heavy (non-hydrogen) atoms. The molecule has 0 bridgehead atoms. The fourth-order valence-electron chi connectivity index (χ4n) is 1.16. The molecule has 0 fully saturated rings. The Hall–Kier alpha value is -1.73. The average molecular weight is 177 g/mol. The van der Waals surface area contributed by atoms with Crippen molar-refractivity contribution >= 4 is 0 Å². The fraction of sp³-hybridized carbons (Fsp3) is 0.222. The number of nitrogens with zero attached hydrogens (tertiary/aromatic N) is 1. The van der Waals surface area contributed by atoms with Crippen LogP contribution in [0.25, 0.3) is 0 Å². The molecule has 1 atom stereocenters. The van der Waals surface area contributed by atoms with E-state index < -0.39 is 6.10 Å². The number of rotatable bonds is 1. The molecule has 4 nitrogen and oxygen atoms in total. The summed E-state index contributed by atoms with van der Waals surface area (Å²) in [5, 5.41) is 17.7. The zero-order valence-corrected chi connectivity index (χ0v) is 6.73. The Morgan fingerprint density at radius 1 is 1.38 bits per heavy atom. The first-order valence-corrected chi connectivity index (χ1v) is 3.78. The van der Waals surface area contributed by atoms with Crippen LogP contribution in [0.3, 0.4) is 0 Å². The van der Waals surface area contributed by atoms with Crippen LogP contribution < -0.4 is 9.47 Å². The lowest BCUT2D eigenvalue weighted by Crippen LogP contribution is -1.93. The maximum Gasteiger partial charge on any atom is 0.231 e. The molecule has 0 saturated heterocycles. The highest BCUT2D eigenvalue weighted by Gasteiger charge is 2.15. The van der Waals surface area contributed by atoms with Crippen molar-refractivity contribution < 1.29 is 14.6 Å². The van der Waals surface area contributed by atoms with E-state index in [-0.39, 0.29) is 6.79 Å². The highest BCUT2D eigenvalue weighted by molar-refractivity contribution is 5.45. The predicted molar refractivity (Wildman–Crippen MR) is 43.1 cm³/mol. The summed E-state index contributed by atoms with van der Waals surface area (Å²) in [5.74, 6) is 1.22. The molecule has 1 aromatic carbocycles. The first kappa shape index (κ1) is 7.90. The quantitative estimate of drug-likeness (QED) is 0.649. The molecular formula is C9H7NO3. The summed E-state index contributed by atoms with van der Waals surface area (Å²) in [6.07, 6.45) is -1.10. The van der Waals surface area contributed by atoms with E-state index in [1.807, 2.05) is 0 Å². The van der Waals surface area contributed by atoms with Gasteiger partial charge < -0.3 is 14.6 Å². The van der Waals surface area contributed by atoms with Crippen molar-refractivity contribution in [3.63, 3.8) is 0 Å². The lowest BCUT2D eigenvalue weighted by Gasteiger charge is -2.02. The smallest absolute Gasteiger partial charge is 0.231 e. The van der Waals surface area contributed by atoms with E-state index in [0.29, 0.717) is 17.1 Å². The van der Waals surface area contributed by atoms with Crippen molar-refractivity contribution in [3.05, 3.63) is 23.8 Å². The van der Waals surface area contributed by atoms with Gasteiger partial charge in [-0.3, -0.25) is 0 Å². The second kappa shape index (κ2) is 2.96. The molecule has 0 amide bonds. The maximum absolute atomic E-state index is 9.20. The van der Waals surface area contributed by atoms with Gasteiger partial charge in [0, 0.05) is 0 Å². The molecule has 1 N–H and O–H groups in total. The van der Waals surface area contributed by atoms with E-state index in [4.69, 9.17) is 14.7 Å². The lowest BCUT2D eigenvalue weighted by molar-refractivity contribution is 0.173. The molecule has 0 unspecified atom stereocenters. The van der Waals surface area contributed by atoms with Gasteiger partial charge in [-0.05, 0) is 17.7 Å². The summed E-state index contributed by atoms with van der Waals surface area (Å²) < 4.78 is 10.2. The Labute approximate surface area is 74.9 Å². The summed E-state index contributed by atoms with van der Waals surface area (Å²) >= 11 is 0. The van der Waals surface area contributed by atoms with Crippen LogP contribution in [0.5, 0.6) is 11.5 Å². The van der Waals surface area contributed by atoms with Gasteiger partial charge in [-0.2, -0.15) is 5.26 Å².